The van der Waals surface area contributed by atoms with Crippen molar-refractivity contribution in [3.05, 3.63) is 35.9 Å². The second-order valence-electron chi connectivity index (χ2n) is 1.42. The van der Waals surface area contributed by atoms with Crippen LogP contribution in [0.3, 0.4) is 0 Å². The summed E-state index contributed by atoms with van der Waals surface area (Å²) in [6.07, 6.45) is 0. The molecule has 0 bridgehead atoms. The average Bonchev–Trinajstić information content (AvgIpc) is 1.86. The first kappa shape index (κ1) is 2.65. The van der Waals surface area contributed by atoms with Crippen LogP contribution in [-0.4, -0.2) is 0 Å². The zero-order valence-electron chi connectivity index (χ0n) is 7.39. The smallest absolute Gasteiger partial charge is 0.0626 e. The van der Waals surface area contributed by atoms with Crippen LogP contribution in [0.2, 0.25) is 0 Å². The summed E-state index contributed by atoms with van der Waals surface area (Å²) in [5.41, 5.74) is 5.39. The predicted molar refractivity (Wildman–Crippen MR) is 34.3 cm³/mol. The lowest BCUT2D eigenvalue weighted by Gasteiger charge is -1.90. The fourth-order valence-corrected chi connectivity index (χ4v) is 0.483. The fraction of sp³-hybridized carbons (Fsp3) is 0.143. The molecule has 0 radical (unpaired) electrons. The summed E-state index contributed by atoms with van der Waals surface area (Å²) in [4.78, 5) is 0. The van der Waals surface area contributed by atoms with Crippen LogP contribution in [-0.2, 0) is 6.50 Å². The van der Waals surface area contributed by atoms with Crippen LogP contribution in [0.25, 0.3) is 0 Å². The summed E-state index contributed by atoms with van der Waals surface area (Å²) in [7, 11) is 0. The molecule has 0 spiro atoms. The molecule has 0 aliphatic heterocycles. The Morgan fingerprint density at radius 3 is 3.00 bits per heavy atom. The van der Waals surface area contributed by atoms with Gasteiger partial charge in [-0.25, -0.2) is 0 Å². The van der Waals surface area contributed by atoms with Gasteiger partial charge in [-0.15, -0.1) is 0 Å². The van der Waals surface area contributed by atoms with Crippen molar-refractivity contribution in [1.29, 1.82) is 0 Å². The van der Waals surface area contributed by atoms with E-state index in [1.54, 1.807) is 12.1 Å². The minimum atomic E-state index is -1.90. The SMILES string of the molecule is [2H]c1ccccc1C([2H])([2H])N. The standard InChI is InChI=1S/C7H9N/c8-6-7-4-2-1-3-5-7/h1-5H,6,8H2/i4D,6D2. The van der Waals surface area contributed by atoms with Gasteiger partial charge in [0.2, 0.25) is 0 Å². The maximum atomic E-state index is 7.31. The predicted octanol–water partition coefficient (Wildman–Crippen LogP) is 1.15. The molecule has 0 saturated heterocycles. The molecule has 0 aliphatic rings. The lowest BCUT2D eigenvalue weighted by atomic mass is 10.2. The van der Waals surface area contributed by atoms with E-state index in [1.807, 2.05) is 0 Å². The largest absolute Gasteiger partial charge is 0.326 e. The van der Waals surface area contributed by atoms with E-state index in [0.29, 0.717) is 0 Å². The highest BCUT2D eigenvalue weighted by Gasteiger charge is 1.80. The Morgan fingerprint density at radius 2 is 2.50 bits per heavy atom. The Hall–Kier alpha value is -0.820. The summed E-state index contributed by atoms with van der Waals surface area (Å²) in [6.45, 7) is -1.90. The maximum Gasteiger partial charge on any atom is 0.0626 e. The summed E-state index contributed by atoms with van der Waals surface area (Å²) in [5.74, 6) is 0. The van der Waals surface area contributed by atoms with Crippen molar-refractivity contribution < 1.29 is 4.11 Å². The Labute approximate surface area is 53.4 Å². The first-order chi connectivity index (χ1) is 5.02. The molecule has 1 aromatic rings. The van der Waals surface area contributed by atoms with Crippen molar-refractivity contribution in [3.8, 4) is 0 Å². The Morgan fingerprint density at radius 1 is 1.62 bits per heavy atom. The van der Waals surface area contributed by atoms with Crippen LogP contribution in [0.5, 0.6) is 0 Å². The van der Waals surface area contributed by atoms with E-state index in [4.69, 9.17) is 9.85 Å². The lowest BCUT2D eigenvalue weighted by Crippen LogP contribution is -1.94. The Kier molecular flexibility index (Phi) is 0.820. The third-order valence-corrected chi connectivity index (χ3v) is 0.865. The topological polar surface area (TPSA) is 26.0 Å². The van der Waals surface area contributed by atoms with Gasteiger partial charge in [0.25, 0.3) is 0 Å². The van der Waals surface area contributed by atoms with Gasteiger partial charge >= 0.3 is 0 Å². The molecule has 1 heteroatoms. The zero-order valence-corrected chi connectivity index (χ0v) is 4.39. The Balaban J connectivity index is 3.14. The summed E-state index contributed by atoms with van der Waals surface area (Å²) >= 11 is 0. The molecular weight excluding hydrogens is 98.1 g/mol. The molecule has 2 N–H and O–H groups in total. The van der Waals surface area contributed by atoms with E-state index in [0.717, 1.165) is 0 Å². The van der Waals surface area contributed by atoms with Crippen molar-refractivity contribution in [2.75, 3.05) is 0 Å². The average molecular weight is 110 g/mol. The van der Waals surface area contributed by atoms with Crippen LogP contribution in [0.15, 0.2) is 30.3 Å². The fourth-order valence-electron chi connectivity index (χ4n) is 0.483. The quantitative estimate of drug-likeness (QED) is 0.576. The van der Waals surface area contributed by atoms with Crippen molar-refractivity contribution in [2.24, 2.45) is 5.73 Å². The molecule has 0 fully saturated rings. The molecule has 0 unspecified atom stereocenters. The highest BCUT2D eigenvalue weighted by Crippen LogP contribution is 1.94. The minimum absolute atomic E-state index is 0.139. The first-order valence-corrected chi connectivity index (χ1v) is 2.37. The number of rotatable bonds is 1. The number of hydrogen-bond acceptors (Lipinski definition) is 1. The van der Waals surface area contributed by atoms with Crippen LogP contribution in [0.4, 0.5) is 0 Å². The molecular formula is C7H9N. The highest BCUT2D eigenvalue weighted by atomic mass is 14.5. The van der Waals surface area contributed by atoms with Crippen LogP contribution in [0, 0.1) is 0 Å². The van der Waals surface area contributed by atoms with Gasteiger partial charge in [-0.3, -0.25) is 0 Å². The number of benzene rings is 1. The molecule has 0 heterocycles. The van der Waals surface area contributed by atoms with E-state index in [-0.39, 0.29) is 11.6 Å². The second-order valence-corrected chi connectivity index (χ2v) is 1.42. The van der Waals surface area contributed by atoms with Crippen molar-refractivity contribution in [1.82, 2.24) is 0 Å². The third kappa shape index (κ3) is 1.07. The van der Waals surface area contributed by atoms with E-state index >= 15 is 0 Å². The van der Waals surface area contributed by atoms with Gasteiger partial charge in [0.1, 0.15) is 0 Å². The lowest BCUT2D eigenvalue weighted by molar-refractivity contribution is 1.07. The van der Waals surface area contributed by atoms with E-state index in [2.05, 4.69) is 0 Å². The third-order valence-electron chi connectivity index (χ3n) is 0.865. The zero-order chi connectivity index (χ0) is 8.48. The Bertz CT molecular complexity index is 254. The van der Waals surface area contributed by atoms with E-state index < -0.39 is 6.50 Å². The minimum Gasteiger partial charge on any atom is -0.326 e. The van der Waals surface area contributed by atoms with Crippen LogP contribution in [0.1, 0.15) is 9.68 Å². The molecule has 1 aromatic carbocycles. The second kappa shape index (κ2) is 2.48. The van der Waals surface area contributed by atoms with E-state index in [9.17, 15) is 0 Å². The highest BCUT2D eigenvalue weighted by molar-refractivity contribution is 5.13. The van der Waals surface area contributed by atoms with Crippen molar-refractivity contribution in [3.63, 3.8) is 0 Å². The first-order valence-electron chi connectivity index (χ1n) is 3.87. The van der Waals surface area contributed by atoms with Gasteiger partial charge in [-0.1, -0.05) is 30.3 Å². The van der Waals surface area contributed by atoms with Gasteiger partial charge in [-0.05, 0) is 5.56 Å². The molecule has 0 aliphatic carbocycles. The van der Waals surface area contributed by atoms with Gasteiger partial charge < -0.3 is 5.73 Å². The van der Waals surface area contributed by atoms with Crippen molar-refractivity contribution >= 4 is 0 Å². The molecule has 1 nitrogen and oxygen atoms in total. The molecule has 0 aromatic heterocycles. The monoisotopic (exact) mass is 110 g/mol. The van der Waals surface area contributed by atoms with Gasteiger partial charge in [-0.2, -0.15) is 0 Å². The van der Waals surface area contributed by atoms with Crippen LogP contribution >= 0.6 is 0 Å². The molecule has 0 atom stereocenters. The van der Waals surface area contributed by atoms with Gasteiger partial charge in [0.05, 0.1) is 1.37 Å². The summed E-state index contributed by atoms with van der Waals surface area (Å²) < 4.78 is 21.6. The number of nitrogens with two attached hydrogens (primary N) is 1. The van der Waals surface area contributed by atoms with Crippen LogP contribution < -0.4 is 5.73 Å². The van der Waals surface area contributed by atoms with Crippen molar-refractivity contribution in [2.45, 2.75) is 6.50 Å². The molecule has 1 rings (SSSR count). The van der Waals surface area contributed by atoms with E-state index in [1.165, 1.54) is 12.1 Å². The van der Waals surface area contributed by atoms with Gasteiger partial charge in [0.15, 0.2) is 0 Å². The number of hydrogen-bond donors (Lipinski definition) is 1. The molecule has 8 heavy (non-hydrogen) atoms. The molecule has 42 valence electrons. The molecule has 0 saturated carbocycles. The van der Waals surface area contributed by atoms with Gasteiger partial charge in [0, 0.05) is 9.24 Å². The molecule has 0 amide bonds. The summed E-state index contributed by atoms with van der Waals surface area (Å²) in [6, 6.07) is 6.51. The summed E-state index contributed by atoms with van der Waals surface area (Å²) in [5, 5.41) is 0. The maximum absolute atomic E-state index is 7.31. The normalized spacial score (nSPS) is 16.4.